The van der Waals surface area contributed by atoms with E-state index in [0.29, 0.717) is 5.69 Å². The fourth-order valence-electron chi connectivity index (χ4n) is 2.38. The van der Waals surface area contributed by atoms with Crippen molar-refractivity contribution in [1.29, 1.82) is 0 Å². The van der Waals surface area contributed by atoms with Gasteiger partial charge in [-0.2, -0.15) is 9.90 Å². The molecule has 1 amide bonds. The van der Waals surface area contributed by atoms with Gasteiger partial charge in [-0.15, -0.1) is 5.10 Å². The Labute approximate surface area is 153 Å². The molecule has 0 aliphatic heterocycles. The van der Waals surface area contributed by atoms with Crippen LogP contribution in [0.3, 0.4) is 0 Å². The van der Waals surface area contributed by atoms with Crippen molar-refractivity contribution < 1.29 is 22.0 Å². The second-order valence-electron chi connectivity index (χ2n) is 5.63. The number of hydrogen-bond acceptors (Lipinski definition) is 5. The Morgan fingerprint density at radius 2 is 1.85 bits per heavy atom. The van der Waals surface area contributed by atoms with Gasteiger partial charge in [0.05, 0.1) is 16.8 Å². The number of carbonyl (C=O) groups is 1. The normalized spacial score (nSPS) is 11.6. The van der Waals surface area contributed by atoms with Crippen molar-refractivity contribution in [3.63, 3.8) is 0 Å². The molecule has 7 nitrogen and oxygen atoms in total. The van der Waals surface area contributed by atoms with Crippen LogP contribution in [0.5, 0.6) is 0 Å². The van der Waals surface area contributed by atoms with Crippen LogP contribution in [0.15, 0.2) is 59.6 Å². The fourth-order valence-corrected chi connectivity index (χ4v) is 3.27. The standard InChI is InChI=1S/C17H14F2N4O3S/c1-27(25,26)15-8-7-11(9-13(15)16(18)19)21-17(24)14-10-20-23(22-14)12-5-3-2-4-6-12/h2-10,16H,1H3,(H,21,24). The Morgan fingerprint density at radius 3 is 2.48 bits per heavy atom. The Hall–Kier alpha value is -3.14. The summed E-state index contributed by atoms with van der Waals surface area (Å²) < 4.78 is 49.6. The Morgan fingerprint density at radius 1 is 1.15 bits per heavy atom. The number of nitrogens with one attached hydrogen (secondary N) is 1. The summed E-state index contributed by atoms with van der Waals surface area (Å²) >= 11 is 0. The van der Waals surface area contributed by atoms with Crippen molar-refractivity contribution >= 4 is 21.4 Å². The predicted octanol–water partition coefficient (Wildman–Crippen LogP) is 2.86. The van der Waals surface area contributed by atoms with Gasteiger partial charge in [0.25, 0.3) is 12.3 Å². The highest BCUT2D eigenvalue weighted by molar-refractivity contribution is 7.90. The van der Waals surface area contributed by atoms with Gasteiger partial charge in [0.1, 0.15) is 0 Å². The number of aromatic nitrogens is 3. The SMILES string of the molecule is CS(=O)(=O)c1ccc(NC(=O)c2cnn(-c3ccccc3)n2)cc1C(F)F. The first-order valence-electron chi connectivity index (χ1n) is 7.67. The lowest BCUT2D eigenvalue weighted by molar-refractivity contribution is 0.102. The van der Waals surface area contributed by atoms with Gasteiger partial charge in [-0.1, -0.05) is 18.2 Å². The van der Waals surface area contributed by atoms with Crippen molar-refractivity contribution in [3.8, 4) is 5.69 Å². The van der Waals surface area contributed by atoms with E-state index < -0.39 is 32.6 Å². The molecule has 0 bridgehead atoms. The molecule has 140 valence electrons. The van der Waals surface area contributed by atoms with E-state index in [1.54, 1.807) is 24.3 Å². The number of anilines is 1. The molecule has 0 fully saturated rings. The number of hydrogen-bond donors (Lipinski definition) is 1. The van der Waals surface area contributed by atoms with E-state index in [0.717, 1.165) is 18.4 Å². The maximum Gasteiger partial charge on any atom is 0.277 e. The lowest BCUT2D eigenvalue weighted by Crippen LogP contribution is -2.14. The van der Waals surface area contributed by atoms with E-state index >= 15 is 0 Å². The summed E-state index contributed by atoms with van der Waals surface area (Å²) in [4.78, 5) is 13.1. The first-order chi connectivity index (χ1) is 12.8. The van der Waals surface area contributed by atoms with E-state index in [9.17, 15) is 22.0 Å². The van der Waals surface area contributed by atoms with Gasteiger partial charge in [-0.25, -0.2) is 17.2 Å². The number of carbonyl (C=O) groups excluding carboxylic acids is 1. The molecule has 0 saturated carbocycles. The summed E-state index contributed by atoms with van der Waals surface area (Å²) in [5, 5.41) is 10.4. The van der Waals surface area contributed by atoms with Crippen molar-refractivity contribution in [3.05, 3.63) is 66.0 Å². The summed E-state index contributed by atoms with van der Waals surface area (Å²) in [6, 6.07) is 12.1. The number of alkyl halides is 2. The molecule has 3 aromatic rings. The first-order valence-corrected chi connectivity index (χ1v) is 9.56. The number of amides is 1. The lowest BCUT2D eigenvalue weighted by atomic mass is 10.2. The number of sulfone groups is 1. The second-order valence-corrected chi connectivity index (χ2v) is 7.62. The third-order valence-electron chi connectivity index (χ3n) is 3.61. The third-order valence-corrected chi connectivity index (χ3v) is 4.78. The van der Waals surface area contributed by atoms with Crippen molar-refractivity contribution in [2.24, 2.45) is 0 Å². The molecule has 0 radical (unpaired) electrons. The summed E-state index contributed by atoms with van der Waals surface area (Å²) in [7, 11) is -3.82. The molecule has 1 N–H and O–H groups in total. The zero-order chi connectivity index (χ0) is 19.6. The Kier molecular flexibility index (Phi) is 5.00. The maximum absolute atomic E-state index is 13.2. The van der Waals surface area contributed by atoms with Gasteiger partial charge in [0, 0.05) is 17.5 Å². The van der Waals surface area contributed by atoms with E-state index in [-0.39, 0.29) is 11.4 Å². The van der Waals surface area contributed by atoms with Crippen molar-refractivity contribution in [1.82, 2.24) is 15.0 Å². The number of halogens is 2. The Balaban J connectivity index is 1.84. The summed E-state index contributed by atoms with van der Waals surface area (Å²) in [6.45, 7) is 0. The van der Waals surface area contributed by atoms with Gasteiger partial charge in [-0.05, 0) is 30.3 Å². The highest BCUT2D eigenvalue weighted by Gasteiger charge is 2.21. The summed E-state index contributed by atoms with van der Waals surface area (Å²) in [5.74, 6) is -0.662. The van der Waals surface area contributed by atoms with Gasteiger partial charge in [0.2, 0.25) is 0 Å². The average molecular weight is 392 g/mol. The summed E-state index contributed by atoms with van der Waals surface area (Å²) in [5.41, 5.74) is -0.0288. The average Bonchev–Trinajstić information content (AvgIpc) is 3.12. The largest absolute Gasteiger partial charge is 0.321 e. The molecule has 0 unspecified atom stereocenters. The smallest absolute Gasteiger partial charge is 0.277 e. The van der Waals surface area contributed by atoms with Crippen LogP contribution in [-0.4, -0.2) is 35.6 Å². The van der Waals surface area contributed by atoms with Crippen LogP contribution in [0.25, 0.3) is 5.69 Å². The zero-order valence-corrected chi connectivity index (χ0v) is 14.8. The zero-order valence-electron chi connectivity index (χ0n) is 14.0. The number of rotatable bonds is 5. The fraction of sp³-hybridized carbons (Fsp3) is 0.118. The van der Waals surface area contributed by atoms with Crippen molar-refractivity contribution in [2.45, 2.75) is 11.3 Å². The highest BCUT2D eigenvalue weighted by atomic mass is 32.2. The second kappa shape index (κ2) is 7.23. The number of para-hydroxylation sites is 1. The molecule has 10 heteroatoms. The van der Waals surface area contributed by atoms with E-state index in [4.69, 9.17) is 0 Å². The Bertz CT molecular complexity index is 1080. The van der Waals surface area contributed by atoms with E-state index in [1.807, 2.05) is 6.07 Å². The highest BCUT2D eigenvalue weighted by Crippen LogP contribution is 2.29. The minimum absolute atomic E-state index is 0.0235. The minimum atomic E-state index is -3.82. The molecule has 27 heavy (non-hydrogen) atoms. The molecule has 0 aliphatic rings. The molecular formula is C17H14F2N4O3S. The molecular weight excluding hydrogens is 378 g/mol. The first kappa shape index (κ1) is 18.6. The van der Waals surface area contributed by atoms with Crippen LogP contribution >= 0.6 is 0 Å². The molecule has 3 rings (SSSR count). The molecule has 2 aromatic carbocycles. The van der Waals surface area contributed by atoms with Crippen LogP contribution in [0.2, 0.25) is 0 Å². The van der Waals surface area contributed by atoms with Crippen molar-refractivity contribution in [2.75, 3.05) is 11.6 Å². The van der Waals surface area contributed by atoms with Crippen LogP contribution in [0.1, 0.15) is 22.5 Å². The van der Waals surface area contributed by atoms with Crippen LogP contribution in [0, 0.1) is 0 Å². The monoisotopic (exact) mass is 392 g/mol. The lowest BCUT2D eigenvalue weighted by Gasteiger charge is -2.10. The number of benzene rings is 2. The molecule has 0 atom stereocenters. The molecule has 1 heterocycles. The maximum atomic E-state index is 13.2. The third kappa shape index (κ3) is 4.17. The van der Waals surface area contributed by atoms with Gasteiger partial charge in [-0.3, -0.25) is 4.79 Å². The molecule has 0 aliphatic carbocycles. The molecule has 0 spiro atoms. The van der Waals surface area contributed by atoms with Gasteiger partial charge < -0.3 is 5.32 Å². The topological polar surface area (TPSA) is 94.0 Å². The van der Waals surface area contributed by atoms with E-state index in [2.05, 4.69) is 15.5 Å². The quantitative estimate of drug-likeness (QED) is 0.721. The molecule has 0 saturated heterocycles. The van der Waals surface area contributed by atoms with E-state index in [1.165, 1.54) is 17.1 Å². The summed E-state index contributed by atoms with van der Waals surface area (Å²) in [6.07, 6.45) is -0.930. The minimum Gasteiger partial charge on any atom is -0.321 e. The van der Waals surface area contributed by atoms with Gasteiger partial charge in [0.15, 0.2) is 15.5 Å². The van der Waals surface area contributed by atoms with Crippen LogP contribution in [0.4, 0.5) is 14.5 Å². The number of nitrogens with zero attached hydrogens (tertiary/aromatic N) is 3. The van der Waals surface area contributed by atoms with Crippen LogP contribution in [-0.2, 0) is 9.84 Å². The molecule has 1 aromatic heterocycles. The van der Waals surface area contributed by atoms with Gasteiger partial charge >= 0.3 is 0 Å². The van der Waals surface area contributed by atoms with Crippen LogP contribution < -0.4 is 5.32 Å². The predicted molar refractivity (Wildman–Crippen MR) is 93.8 cm³/mol.